The molecular formula is C12H10BrFN2O2S. The number of pyridine rings is 1. The van der Waals surface area contributed by atoms with E-state index in [-0.39, 0.29) is 5.69 Å². The van der Waals surface area contributed by atoms with Crippen molar-refractivity contribution in [1.82, 2.24) is 4.98 Å². The van der Waals surface area contributed by atoms with Crippen LogP contribution in [0.4, 0.5) is 4.39 Å². The van der Waals surface area contributed by atoms with Gasteiger partial charge in [0.1, 0.15) is 16.8 Å². The molecule has 0 fully saturated rings. The molecule has 0 aliphatic heterocycles. The van der Waals surface area contributed by atoms with Crippen LogP contribution in [0.3, 0.4) is 0 Å². The second-order valence-electron chi connectivity index (χ2n) is 3.90. The summed E-state index contributed by atoms with van der Waals surface area (Å²) >= 11 is 3.07. The molecule has 1 aromatic carbocycles. The molecule has 100 valence electrons. The predicted octanol–water partition coefficient (Wildman–Crippen LogP) is 2.36. The molecule has 0 saturated carbocycles. The van der Waals surface area contributed by atoms with Gasteiger partial charge in [-0.25, -0.2) is 17.9 Å². The molecule has 2 aromatic rings. The van der Waals surface area contributed by atoms with Crippen molar-refractivity contribution in [2.75, 3.05) is 0 Å². The first-order valence-electron chi connectivity index (χ1n) is 5.27. The third kappa shape index (κ3) is 3.17. The Bertz CT molecular complexity index is 692. The number of nitrogens with two attached hydrogens (primary N) is 1. The standard InChI is InChI=1S/C12H10BrFN2O2S/c13-9-6-10(14)11(16-7-9)12(19(15,17)18)8-4-2-1-3-5-8/h1-7,12H,(H2,15,17,18). The molecule has 1 unspecified atom stereocenters. The third-order valence-electron chi connectivity index (χ3n) is 2.52. The maximum Gasteiger partial charge on any atom is 0.222 e. The van der Waals surface area contributed by atoms with E-state index < -0.39 is 21.1 Å². The van der Waals surface area contributed by atoms with Crippen LogP contribution in [0, 0.1) is 5.82 Å². The van der Waals surface area contributed by atoms with Gasteiger partial charge >= 0.3 is 0 Å². The monoisotopic (exact) mass is 344 g/mol. The zero-order valence-electron chi connectivity index (χ0n) is 9.62. The van der Waals surface area contributed by atoms with Crippen LogP contribution < -0.4 is 5.14 Å². The number of sulfonamides is 1. The Morgan fingerprint density at radius 1 is 1.26 bits per heavy atom. The molecular weight excluding hydrogens is 335 g/mol. The Balaban J connectivity index is 2.63. The fourth-order valence-electron chi connectivity index (χ4n) is 1.75. The summed E-state index contributed by atoms with van der Waals surface area (Å²) < 4.78 is 37.8. The topological polar surface area (TPSA) is 73.1 Å². The van der Waals surface area contributed by atoms with Crippen molar-refractivity contribution < 1.29 is 12.8 Å². The lowest BCUT2D eigenvalue weighted by Crippen LogP contribution is -2.24. The van der Waals surface area contributed by atoms with Gasteiger partial charge in [-0.05, 0) is 27.6 Å². The van der Waals surface area contributed by atoms with Crippen molar-refractivity contribution >= 4 is 26.0 Å². The fourth-order valence-corrected chi connectivity index (χ4v) is 3.07. The number of primary sulfonamides is 1. The molecule has 19 heavy (non-hydrogen) atoms. The summed E-state index contributed by atoms with van der Waals surface area (Å²) in [5, 5.41) is 3.89. The van der Waals surface area contributed by atoms with Crippen LogP contribution >= 0.6 is 15.9 Å². The number of hydrogen-bond donors (Lipinski definition) is 1. The van der Waals surface area contributed by atoms with Crippen LogP contribution in [-0.2, 0) is 10.0 Å². The first kappa shape index (κ1) is 14.1. The predicted molar refractivity (Wildman–Crippen MR) is 73.3 cm³/mol. The lowest BCUT2D eigenvalue weighted by molar-refractivity contribution is 0.572. The van der Waals surface area contributed by atoms with E-state index in [1.54, 1.807) is 30.3 Å². The largest absolute Gasteiger partial charge is 0.255 e. The molecule has 1 aromatic heterocycles. The van der Waals surface area contributed by atoms with Gasteiger partial charge in [0.2, 0.25) is 10.0 Å². The smallest absolute Gasteiger partial charge is 0.222 e. The van der Waals surface area contributed by atoms with E-state index in [0.29, 0.717) is 10.0 Å². The summed E-state index contributed by atoms with van der Waals surface area (Å²) in [7, 11) is -4.02. The number of halogens is 2. The number of nitrogens with zero attached hydrogens (tertiary/aromatic N) is 1. The van der Waals surface area contributed by atoms with Gasteiger partial charge in [-0.2, -0.15) is 0 Å². The second-order valence-corrected chi connectivity index (χ2v) is 6.47. The zero-order chi connectivity index (χ0) is 14.0. The van der Waals surface area contributed by atoms with E-state index in [2.05, 4.69) is 20.9 Å². The SMILES string of the molecule is NS(=O)(=O)C(c1ccccc1)c1ncc(Br)cc1F. The van der Waals surface area contributed by atoms with Gasteiger partial charge in [-0.1, -0.05) is 30.3 Å². The Kier molecular flexibility index (Phi) is 3.98. The number of hydrogen-bond acceptors (Lipinski definition) is 3. The molecule has 0 amide bonds. The van der Waals surface area contributed by atoms with E-state index in [1.807, 2.05) is 0 Å². The van der Waals surface area contributed by atoms with Crippen LogP contribution in [0.2, 0.25) is 0 Å². The van der Waals surface area contributed by atoms with Gasteiger partial charge in [0, 0.05) is 10.7 Å². The Labute approximate surface area is 118 Å². The van der Waals surface area contributed by atoms with E-state index in [0.717, 1.165) is 6.07 Å². The Morgan fingerprint density at radius 2 is 1.89 bits per heavy atom. The molecule has 2 rings (SSSR count). The highest BCUT2D eigenvalue weighted by Gasteiger charge is 2.29. The number of aromatic nitrogens is 1. The molecule has 0 bridgehead atoms. The molecule has 0 saturated heterocycles. The van der Waals surface area contributed by atoms with Gasteiger partial charge in [-0.15, -0.1) is 0 Å². The van der Waals surface area contributed by atoms with Crippen LogP contribution in [0.1, 0.15) is 16.5 Å². The normalized spacial score (nSPS) is 13.2. The fraction of sp³-hybridized carbons (Fsp3) is 0.0833. The minimum Gasteiger partial charge on any atom is -0.255 e. The molecule has 0 radical (unpaired) electrons. The first-order valence-corrected chi connectivity index (χ1v) is 7.67. The molecule has 7 heteroatoms. The highest BCUT2D eigenvalue weighted by atomic mass is 79.9. The van der Waals surface area contributed by atoms with Gasteiger partial charge in [0.25, 0.3) is 0 Å². The van der Waals surface area contributed by atoms with Crippen molar-refractivity contribution in [3.63, 3.8) is 0 Å². The highest BCUT2D eigenvalue weighted by Crippen LogP contribution is 2.29. The van der Waals surface area contributed by atoms with Crippen molar-refractivity contribution in [2.45, 2.75) is 5.25 Å². The Hall–Kier alpha value is -1.31. The molecule has 0 aliphatic carbocycles. The molecule has 0 spiro atoms. The molecule has 0 aliphatic rings. The second kappa shape index (κ2) is 5.36. The molecule has 1 atom stereocenters. The quantitative estimate of drug-likeness (QED) is 0.928. The van der Waals surface area contributed by atoms with Crippen molar-refractivity contribution in [3.05, 3.63) is 64.1 Å². The first-order chi connectivity index (χ1) is 8.89. The summed E-state index contributed by atoms with van der Waals surface area (Å²) in [5.41, 5.74) is 0.163. The summed E-state index contributed by atoms with van der Waals surface area (Å²) in [6, 6.07) is 9.34. The Morgan fingerprint density at radius 3 is 2.42 bits per heavy atom. The van der Waals surface area contributed by atoms with Gasteiger partial charge < -0.3 is 0 Å². The van der Waals surface area contributed by atoms with Crippen LogP contribution in [0.15, 0.2) is 47.1 Å². The van der Waals surface area contributed by atoms with E-state index in [1.165, 1.54) is 6.20 Å². The summed E-state index contributed by atoms with van der Waals surface area (Å²) in [4.78, 5) is 3.84. The van der Waals surface area contributed by atoms with Gasteiger partial charge in [0.05, 0.1) is 0 Å². The number of benzene rings is 1. The van der Waals surface area contributed by atoms with Crippen LogP contribution in [0.5, 0.6) is 0 Å². The van der Waals surface area contributed by atoms with Gasteiger partial charge in [-0.3, -0.25) is 4.98 Å². The average Bonchev–Trinajstić information content (AvgIpc) is 2.32. The van der Waals surface area contributed by atoms with Crippen LogP contribution in [-0.4, -0.2) is 13.4 Å². The average molecular weight is 345 g/mol. The van der Waals surface area contributed by atoms with E-state index in [4.69, 9.17) is 5.14 Å². The zero-order valence-corrected chi connectivity index (χ0v) is 12.0. The lowest BCUT2D eigenvalue weighted by Gasteiger charge is -2.15. The molecule has 1 heterocycles. The summed E-state index contributed by atoms with van der Waals surface area (Å²) in [6.45, 7) is 0. The van der Waals surface area contributed by atoms with Crippen molar-refractivity contribution in [3.8, 4) is 0 Å². The van der Waals surface area contributed by atoms with E-state index >= 15 is 0 Å². The number of rotatable bonds is 3. The highest BCUT2D eigenvalue weighted by molar-refractivity contribution is 9.10. The van der Waals surface area contributed by atoms with E-state index in [9.17, 15) is 12.8 Å². The lowest BCUT2D eigenvalue weighted by atomic mass is 10.1. The summed E-state index contributed by atoms with van der Waals surface area (Å²) in [5.74, 6) is -0.725. The maximum atomic E-state index is 13.9. The van der Waals surface area contributed by atoms with Gasteiger partial charge in [0.15, 0.2) is 0 Å². The van der Waals surface area contributed by atoms with Crippen molar-refractivity contribution in [1.29, 1.82) is 0 Å². The van der Waals surface area contributed by atoms with Crippen LogP contribution in [0.25, 0.3) is 0 Å². The minimum absolute atomic E-state index is 0.211. The minimum atomic E-state index is -4.02. The summed E-state index contributed by atoms with van der Waals surface area (Å²) in [6.07, 6.45) is 1.33. The van der Waals surface area contributed by atoms with Crippen molar-refractivity contribution in [2.24, 2.45) is 5.14 Å². The molecule has 2 N–H and O–H groups in total. The third-order valence-corrected chi connectivity index (χ3v) is 4.10. The maximum absolute atomic E-state index is 13.9. The molecule has 4 nitrogen and oxygen atoms in total.